The predicted octanol–water partition coefficient (Wildman–Crippen LogP) is 3.61. The molecule has 0 amide bonds. The van der Waals surface area contributed by atoms with Crippen molar-refractivity contribution in [3.63, 3.8) is 0 Å². The first-order valence-corrected chi connectivity index (χ1v) is 7.28. The average molecular weight is 286 g/mol. The molecule has 0 fully saturated rings. The minimum absolute atomic E-state index is 0.772. The van der Waals surface area contributed by atoms with Gasteiger partial charge < -0.3 is 15.4 Å². The number of aryl methyl sites for hydroxylation is 1. The largest absolute Gasteiger partial charge is 0.495 e. The molecule has 0 aliphatic rings. The number of hydrogen-bond acceptors (Lipinski definition) is 5. The van der Waals surface area contributed by atoms with E-state index < -0.39 is 0 Å². The van der Waals surface area contributed by atoms with Gasteiger partial charge in [-0.05, 0) is 25.5 Å². The standard InChI is InChI=1S/C16H22N4O/c1-4-8-14-19-15(17-5-2)11-16(20-14)18-12-9-6-7-10-13(12)21-3/h6-7,9-11H,4-5,8H2,1-3H3,(H2,17,18,19,20). The van der Waals surface area contributed by atoms with Crippen LogP contribution in [0.5, 0.6) is 5.75 Å². The molecule has 2 rings (SSSR count). The van der Waals surface area contributed by atoms with E-state index in [0.29, 0.717) is 0 Å². The Morgan fingerprint density at radius 3 is 2.57 bits per heavy atom. The fourth-order valence-corrected chi connectivity index (χ4v) is 2.05. The first-order valence-electron chi connectivity index (χ1n) is 7.28. The van der Waals surface area contributed by atoms with Crippen LogP contribution >= 0.6 is 0 Å². The number of ether oxygens (including phenoxy) is 1. The zero-order valence-corrected chi connectivity index (χ0v) is 12.8. The highest BCUT2D eigenvalue weighted by Gasteiger charge is 2.07. The third kappa shape index (κ3) is 4.08. The van der Waals surface area contributed by atoms with Gasteiger partial charge in [-0.25, -0.2) is 9.97 Å². The van der Waals surface area contributed by atoms with E-state index in [1.54, 1.807) is 7.11 Å². The normalized spacial score (nSPS) is 10.2. The van der Waals surface area contributed by atoms with Crippen LogP contribution in [0.1, 0.15) is 26.1 Å². The van der Waals surface area contributed by atoms with Crippen LogP contribution in [-0.4, -0.2) is 23.6 Å². The quantitative estimate of drug-likeness (QED) is 0.814. The molecule has 0 radical (unpaired) electrons. The van der Waals surface area contributed by atoms with Gasteiger partial charge in [0.25, 0.3) is 0 Å². The van der Waals surface area contributed by atoms with Crippen molar-refractivity contribution in [1.29, 1.82) is 0 Å². The summed E-state index contributed by atoms with van der Waals surface area (Å²) in [6.07, 6.45) is 1.88. The molecule has 1 aromatic heterocycles. The van der Waals surface area contributed by atoms with Crippen LogP contribution in [0.2, 0.25) is 0 Å². The summed E-state index contributed by atoms with van der Waals surface area (Å²) in [4.78, 5) is 9.06. The molecule has 112 valence electrons. The summed E-state index contributed by atoms with van der Waals surface area (Å²) in [5, 5.41) is 6.54. The van der Waals surface area contributed by atoms with Crippen molar-refractivity contribution in [3.05, 3.63) is 36.2 Å². The molecular formula is C16H22N4O. The zero-order valence-electron chi connectivity index (χ0n) is 12.8. The van der Waals surface area contributed by atoms with E-state index >= 15 is 0 Å². The maximum absolute atomic E-state index is 5.35. The van der Waals surface area contributed by atoms with Gasteiger partial charge in [0.15, 0.2) is 0 Å². The van der Waals surface area contributed by atoms with E-state index in [0.717, 1.165) is 48.3 Å². The van der Waals surface area contributed by atoms with Crippen molar-refractivity contribution < 1.29 is 4.74 Å². The Morgan fingerprint density at radius 2 is 1.86 bits per heavy atom. The van der Waals surface area contributed by atoms with Crippen molar-refractivity contribution in [3.8, 4) is 5.75 Å². The second kappa shape index (κ2) is 7.47. The summed E-state index contributed by atoms with van der Waals surface area (Å²) < 4.78 is 5.35. The van der Waals surface area contributed by atoms with E-state index in [1.807, 2.05) is 30.3 Å². The Morgan fingerprint density at radius 1 is 1.10 bits per heavy atom. The maximum atomic E-state index is 5.35. The molecule has 2 aromatic rings. The highest BCUT2D eigenvalue weighted by Crippen LogP contribution is 2.27. The second-order valence-corrected chi connectivity index (χ2v) is 4.66. The van der Waals surface area contributed by atoms with Gasteiger partial charge in [0.1, 0.15) is 23.2 Å². The van der Waals surface area contributed by atoms with Crippen LogP contribution in [0.3, 0.4) is 0 Å². The summed E-state index contributed by atoms with van der Waals surface area (Å²) in [6.45, 7) is 5.00. The van der Waals surface area contributed by atoms with Gasteiger partial charge >= 0.3 is 0 Å². The van der Waals surface area contributed by atoms with E-state index in [9.17, 15) is 0 Å². The number of rotatable bonds is 7. The molecule has 0 atom stereocenters. The maximum Gasteiger partial charge on any atom is 0.142 e. The predicted molar refractivity (Wildman–Crippen MR) is 86.5 cm³/mol. The van der Waals surface area contributed by atoms with Crippen LogP contribution in [0, 0.1) is 0 Å². The highest BCUT2D eigenvalue weighted by atomic mass is 16.5. The molecule has 1 heterocycles. The number of aromatic nitrogens is 2. The number of para-hydroxylation sites is 2. The number of methoxy groups -OCH3 is 1. The molecule has 0 aliphatic carbocycles. The lowest BCUT2D eigenvalue weighted by Crippen LogP contribution is -2.06. The monoisotopic (exact) mass is 286 g/mol. The highest BCUT2D eigenvalue weighted by molar-refractivity contribution is 5.65. The molecular weight excluding hydrogens is 264 g/mol. The fraction of sp³-hybridized carbons (Fsp3) is 0.375. The lowest BCUT2D eigenvalue weighted by molar-refractivity contribution is 0.417. The number of hydrogen-bond donors (Lipinski definition) is 2. The molecule has 0 unspecified atom stereocenters. The molecule has 5 heteroatoms. The van der Waals surface area contributed by atoms with Crippen molar-refractivity contribution in [2.24, 2.45) is 0 Å². The summed E-state index contributed by atoms with van der Waals surface area (Å²) in [7, 11) is 1.66. The Kier molecular flexibility index (Phi) is 5.37. The molecule has 5 nitrogen and oxygen atoms in total. The Bertz CT molecular complexity index is 562. The third-order valence-corrected chi connectivity index (χ3v) is 2.97. The van der Waals surface area contributed by atoms with Crippen LogP contribution in [0.4, 0.5) is 17.3 Å². The van der Waals surface area contributed by atoms with Crippen LogP contribution in [-0.2, 0) is 6.42 Å². The van der Waals surface area contributed by atoms with Gasteiger partial charge in [-0.15, -0.1) is 0 Å². The molecule has 1 aromatic carbocycles. The van der Waals surface area contributed by atoms with Crippen molar-refractivity contribution in [2.75, 3.05) is 24.3 Å². The molecule has 21 heavy (non-hydrogen) atoms. The molecule has 0 saturated carbocycles. The van der Waals surface area contributed by atoms with Gasteiger partial charge in [0, 0.05) is 19.0 Å². The van der Waals surface area contributed by atoms with Crippen molar-refractivity contribution in [2.45, 2.75) is 26.7 Å². The second-order valence-electron chi connectivity index (χ2n) is 4.66. The van der Waals surface area contributed by atoms with Gasteiger partial charge in [-0.2, -0.15) is 0 Å². The average Bonchev–Trinajstić information content (AvgIpc) is 2.48. The summed E-state index contributed by atoms with van der Waals surface area (Å²) >= 11 is 0. The van der Waals surface area contributed by atoms with E-state index in [-0.39, 0.29) is 0 Å². The summed E-state index contributed by atoms with van der Waals surface area (Å²) in [5.74, 6) is 3.24. The van der Waals surface area contributed by atoms with Gasteiger partial charge in [0.2, 0.25) is 0 Å². The topological polar surface area (TPSA) is 59.1 Å². The number of nitrogens with zero attached hydrogens (tertiary/aromatic N) is 2. The molecule has 2 N–H and O–H groups in total. The number of anilines is 3. The van der Waals surface area contributed by atoms with E-state index in [4.69, 9.17) is 4.74 Å². The Balaban J connectivity index is 2.29. The lowest BCUT2D eigenvalue weighted by Gasteiger charge is -2.12. The fourth-order valence-electron chi connectivity index (χ4n) is 2.05. The Labute approximate surface area is 125 Å². The minimum Gasteiger partial charge on any atom is -0.495 e. The van der Waals surface area contributed by atoms with Crippen molar-refractivity contribution in [1.82, 2.24) is 9.97 Å². The zero-order chi connectivity index (χ0) is 15.1. The number of benzene rings is 1. The third-order valence-electron chi connectivity index (χ3n) is 2.97. The summed E-state index contributed by atoms with van der Waals surface area (Å²) in [6, 6.07) is 9.70. The van der Waals surface area contributed by atoms with Gasteiger partial charge in [-0.3, -0.25) is 0 Å². The van der Waals surface area contributed by atoms with E-state index in [2.05, 4.69) is 34.4 Å². The minimum atomic E-state index is 0.772. The van der Waals surface area contributed by atoms with Crippen LogP contribution in [0.25, 0.3) is 0 Å². The Hall–Kier alpha value is -2.30. The molecule has 0 saturated heterocycles. The summed E-state index contributed by atoms with van der Waals surface area (Å²) in [5.41, 5.74) is 0.892. The van der Waals surface area contributed by atoms with E-state index in [1.165, 1.54) is 0 Å². The molecule has 0 bridgehead atoms. The van der Waals surface area contributed by atoms with Gasteiger partial charge in [-0.1, -0.05) is 19.1 Å². The molecule has 0 spiro atoms. The smallest absolute Gasteiger partial charge is 0.142 e. The lowest BCUT2D eigenvalue weighted by atomic mass is 10.3. The van der Waals surface area contributed by atoms with Crippen LogP contribution in [0.15, 0.2) is 30.3 Å². The van der Waals surface area contributed by atoms with Crippen LogP contribution < -0.4 is 15.4 Å². The first-order chi connectivity index (χ1) is 10.3. The first kappa shape index (κ1) is 15.1. The van der Waals surface area contributed by atoms with Gasteiger partial charge in [0.05, 0.1) is 12.8 Å². The SMILES string of the molecule is CCCc1nc(NCC)cc(Nc2ccccc2OC)n1. The number of nitrogens with one attached hydrogen (secondary N) is 2. The molecule has 0 aliphatic heterocycles. The van der Waals surface area contributed by atoms with Crippen molar-refractivity contribution >= 4 is 17.3 Å².